The zero-order valence-electron chi connectivity index (χ0n) is 11.5. The smallest absolute Gasteiger partial charge is 0.0351 e. The van der Waals surface area contributed by atoms with Gasteiger partial charge in [0.1, 0.15) is 0 Å². The Labute approximate surface area is 106 Å². The largest absolute Gasteiger partial charge is 0.310 e. The minimum absolute atomic E-state index is 0.393. The highest BCUT2D eigenvalue weighted by molar-refractivity contribution is 5.21. The van der Waals surface area contributed by atoms with Crippen molar-refractivity contribution in [1.29, 1.82) is 0 Å². The molecule has 1 aliphatic heterocycles. The fourth-order valence-corrected chi connectivity index (χ4v) is 2.93. The van der Waals surface area contributed by atoms with Gasteiger partial charge in [-0.25, -0.2) is 0 Å². The zero-order valence-corrected chi connectivity index (χ0v) is 11.5. The van der Waals surface area contributed by atoms with E-state index in [4.69, 9.17) is 0 Å². The first-order valence-electron chi connectivity index (χ1n) is 6.78. The van der Waals surface area contributed by atoms with Gasteiger partial charge in [-0.15, -0.1) is 0 Å². The minimum Gasteiger partial charge on any atom is -0.310 e. The van der Waals surface area contributed by atoms with Crippen LogP contribution in [-0.4, -0.2) is 6.54 Å². The predicted molar refractivity (Wildman–Crippen MR) is 73.9 cm³/mol. The highest BCUT2D eigenvalue weighted by atomic mass is 15.0. The SMILES string of the molecule is CC(C1CCNC1c1ccccc1)C(C)(C)C. The lowest BCUT2D eigenvalue weighted by Gasteiger charge is -2.35. The van der Waals surface area contributed by atoms with Gasteiger partial charge in [-0.2, -0.15) is 0 Å². The molecule has 0 spiro atoms. The first kappa shape index (κ1) is 12.6. The summed E-state index contributed by atoms with van der Waals surface area (Å²) in [5, 5.41) is 3.68. The van der Waals surface area contributed by atoms with E-state index in [1.807, 2.05) is 0 Å². The van der Waals surface area contributed by atoms with Crippen LogP contribution in [0, 0.1) is 17.3 Å². The first-order chi connectivity index (χ1) is 8.00. The topological polar surface area (TPSA) is 12.0 Å². The van der Waals surface area contributed by atoms with Gasteiger partial charge in [-0.05, 0) is 35.8 Å². The standard InChI is InChI=1S/C16H25N/c1-12(16(2,3)4)14-10-11-17-15(14)13-8-6-5-7-9-13/h5-9,12,14-15,17H,10-11H2,1-4H3. The molecule has 1 saturated heterocycles. The number of nitrogens with one attached hydrogen (secondary N) is 1. The van der Waals surface area contributed by atoms with E-state index in [0.29, 0.717) is 11.5 Å². The summed E-state index contributed by atoms with van der Waals surface area (Å²) in [6, 6.07) is 11.4. The molecular formula is C16H25N. The van der Waals surface area contributed by atoms with Crippen LogP contribution >= 0.6 is 0 Å². The molecule has 0 radical (unpaired) electrons. The van der Waals surface area contributed by atoms with Gasteiger partial charge in [-0.1, -0.05) is 58.0 Å². The average Bonchev–Trinajstić information content (AvgIpc) is 2.76. The van der Waals surface area contributed by atoms with Crippen LogP contribution in [0.1, 0.15) is 45.7 Å². The van der Waals surface area contributed by atoms with E-state index >= 15 is 0 Å². The lowest BCUT2D eigenvalue weighted by atomic mass is 9.71. The Bertz CT molecular complexity index is 350. The summed E-state index contributed by atoms with van der Waals surface area (Å²) in [4.78, 5) is 0. The molecule has 0 saturated carbocycles. The molecule has 94 valence electrons. The Kier molecular flexibility index (Phi) is 3.58. The van der Waals surface area contributed by atoms with Crippen molar-refractivity contribution in [3.63, 3.8) is 0 Å². The quantitative estimate of drug-likeness (QED) is 0.810. The van der Waals surface area contributed by atoms with Crippen molar-refractivity contribution in [2.24, 2.45) is 17.3 Å². The molecule has 1 heteroatoms. The summed E-state index contributed by atoms with van der Waals surface area (Å²) in [6.45, 7) is 10.6. The van der Waals surface area contributed by atoms with Crippen LogP contribution in [0.15, 0.2) is 30.3 Å². The molecule has 0 amide bonds. The van der Waals surface area contributed by atoms with Gasteiger partial charge in [-0.3, -0.25) is 0 Å². The Morgan fingerprint density at radius 1 is 1.18 bits per heavy atom. The average molecular weight is 231 g/mol. The van der Waals surface area contributed by atoms with Crippen LogP contribution in [0.3, 0.4) is 0 Å². The van der Waals surface area contributed by atoms with Crippen molar-refractivity contribution >= 4 is 0 Å². The van der Waals surface area contributed by atoms with Crippen LogP contribution in [0.4, 0.5) is 0 Å². The van der Waals surface area contributed by atoms with Crippen LogP contribution in [0.25, 0.3) is 0 Å². The number of rotatable bonds is 2. The third-order valence-corrected chi connectivity index (χ3v) is 4.44. The monoisotopic (exact) mass is 231 g/mol. The molecule has 1 heterocycles. The van der Waals surface area contributed by atoms with Gasteiger partial charge >= 0.3 is 0 Å². The van der Waals surface area contributed by atoms with Crippen molar-refractivity contribution in [2.75, 3.05) is 6.54 Å². The normalized spacial score (nSPS) is 27.1. The summed E-state index contributed by atoms with van der Waals surface area (Å²) in [5.41, 5.74) is 1.84. The second kappa shape index (κ2) is 4.81. The molecule has 1 aromatic carbocycles. The summed E-state index contributed by atoms with van der Waals surface area (Å²) < 4.78 is 0. The Hall–Kier alpha value is -0.820. The second-order valence-corrected chi connectivity index (χ2v) is 6.45. The fraction of sp³-hybridized carbons (Fsp3) is 0.625. The maximum absolute atomic E-state index is 3.68. The number of hydrogen-bond donors (Lipinski definition) is 1. The molecule has 1 fully saturated rings. The summed E-state index contributed by atoms with van der Waals surface area (Å²) in [6.07, 6.45) is 1.30. The maximum atomic E-state index is 3.68. The molecule has 1 N–H and O–H groups in total. The second-order valence-electron chi connectivity index (χ2n) is 6.45. The van der Waals surface area contributed by atoms with E-state index in [1.165, 1.54) is 12.0 Å². The number of hydrogen-bond acceptors (Lipinski definition) is 1. The molecule has 0 bridgehead atoms. The molecule has 17 heavy (non-hydrogen) atoms. The van der Waals surface area contributed by atoms with E-state index in [0.717, 1.165) is 18.4 Å². The Morgan fingerprint density at radius 3 is 2.41 bits per heavy atom. The van der Waals surface area contributed by atoms with E-state index in [9.17, 15) is 0 Å². The van der Waals surface area contributed by atoms with Gasteiger partial charge in [0.25, 0.3) is 0 Å². The van der Waals surface area contributed by atoms with Crippen LogP contribution < -0.4 is 5.32 Å². The fourth-order valence-electron chi connectivity index (χ4n) is 2.93. The molecule has 0 aliphatic carbocycles. The first-order valence-corrected chi connectivity index (χ1v) is 6.78. The third kappa shape index (κ3) is 2.71. The molecule has 0 aromatic heterocycles. The van der Waals surface area contributed by atoms with Crippen LogP contribution in [-0.2, 0) is 0 Å². The van der Waals surface area contributed by atoms with Gasteiger partial charge in [0.15, 0.2) is 0 Å². The van der Waals surface area contributed by atoms with Gasteiger partial charge in [0.2, 0.25) is 0 Å². The molecule has 1 nitrogen and oxygen atoms in total. The lowest BCUT2D eigenvalue weighted by molar-refractivity contribution is 0.164. The third-order valence-electron chi connectivity index (χ3n) is 4.44. The molecule has 3 unspecified atom stereocenters. The van der Waals surface area contributed by atoms with Crippen LogP contribution in [0.2, 0.25) is 0 Å². The van der Waals surface area contributed by atoms with Crippen molar-refractivity contribution in [3.8, 4) is 0 Å². The van der Waals surface area contributed by atoms with Crippen molar-refractivity contribution in [3.05, 3.63) is 35.9 Å². The molecule has 3 atom stereocenters. The highest BCUT2D eigenvalue weighted by Crippen LogP contribution is 2.42. The van der Waals surface area contributed by atoms with Gasteiger partial charge in [0.05, 0.1) is 0 Å². The van der Waals surface area contributed by atoms with E-state index < -0.39 is 0 Å². The summed E-state index contributed by atoms with van der Waals surface area (Å²) in [5.74, 6) is 1.50. The molecule has 1 aliphatic rings. The van der Waals surface area contributed by atoms with Gasteiger partial charge in [0, 0.05) is 6.04 Å². The van der Waals surface area contributed by atoms with Crippen molar-refractivity contribution in [2.45, 2.75) is 40.2 Å². The zero-order chi connectivity index (χ0) is 12.5. The summed E-state index contributed by atoms with van der Waals surface area (Å²) in [7, 11) is 0. The summed E-state index contributed by atoms with van der Waals surface area (Å²) >= 11 is 0. The van der Waals surface area contributed by atoms with Crippen molar-refractivity contribution < 1.29 is 0 Å². The maximum Gasteiger partial charge on any atom is 0.0351 e. The van der Waals surface area contributed by atoms with E-state index in [-0.39, 0.29) is 0 Å². The lowest BCUT2D eigenvalue weighted by Crippen LogP contribution is -2.29. The number of benzene rings is 1. The molecular weight excluding hydrogens is 206 g/mol. The van der Waals surface area contributed by atoms with Gasteiger partial charge < -0.3 is 5.32 Å². The Balaban J connectivity index is 2.19. The highest BCUT2D eigenvalue weighted by Gasteiger charge is 2.37. The molecule has 2 rings (SSSR count). The van der Waals surface area contributed by atoms with E-state index in [2.05, 4.69) is 63.3 Å². The van der Waals surface area contributed by atoms with Crippen LogP contribution in [0.5, 0.6) is 0 Å². The van der Waals surface area contributed by atoms with Crippen molar-refractivity contribution in [1.82, 2.24) is 5.32 Å². The molecule has 1 aromatic rings. The minimum atomic E-state index is 0.393. The predicted octanol–water partition coefficient (Wildman–Crippen LogP) is 4.02. The van der Waals surface area contributed by atoms with E-state index in [1.54, 1.807) is 0 Å². The Morgan fingerprint density at radius 2 is 1.82 bits per heavy atom.